The summed E-state index contributed by atoms with van der Waals surface area (Å²) >= 11 is 0. The van der Waals surface area contributed by atoms with E-state index in [0.29, 0.717) is 18.2 Å². The van der Waals surface area contributed by atoms with Gasteiger partial charge in [0.2, 0.25) is 0 Å². The normalized spacial score (nSPS) is 15.4. The molecule has 0 amide bonds. The largest absolute Gasteiger partial charge is 0.395 e. The number of aliphatic hydroxyl groups is 1. The molecule has 0 saturated heterocycles. The van der Waals surface area contributed by atoms with Gasteiger partial charge in [-0.2, -0.15) is 5.10 Å². The molecule has 0 bridgehead atoms. The van der Waals surface area contributed by atoms with E-state index in [1.807, 2.05) is 0 Å². The topological polar surface area (TPSA) is 86.5 Å². The minimum Gasteiger partial charge on any atom is -0.395 e. The van der Waals surface area contributed by atoms with E-state index in [1.165, 1.54) is 10.7 Å². The molecular formula is C10H13N5O2. The molecule has 0 atom stereocenters. The zero-order valence-corrected chi connectivity index (χ0v) is 9.20. The first-order valence-corrected chi connectivity index (χ1v) is 5.60. The van der Waals surface area contributed by atoms with E-state index in [-0.39, 0.29) is 12.3 Å². The van der Waals surface area contributed by atoms with Crippen LogP contribution in [0.3, 0.4) is 0 Å². The maximum absolute atomic E-state index is 11.3. The Balaban J connectivity index is 2.00. The fourth-order valence-electron chi connectivity index (χ4n) is 1.94. The van der Waals surface area contributed by atoms with E-state index >= 15 is 0 Å². The van der Waals surface area contributed by atoms with Crippen molar-refractivity contribution in [3.05, 3.63) is 22.9 Å². The van der Waals surface area contributed by atoms with Crippen molar-refractivity contribution in [1.29, 1.82) is 0 Å². The highest BCUT2D eigenvalue weighted by molar-refractivity contribution is 5.51. The highest BCUT2D eigenvalue weighted by Gasteiger charge is 2.29. The van der Waals surface area contributed by atoms with Crippen LogP contribution in [-0.2, 0) is 0 Å². The molecule has 2 heterocycles. The summed E-state index contributed by atoms with van der Waals surface area (Å²) < 4.78 is 1.35. The van der Waals surface area contributed by atoms with E-state index in [1.54, 1.807) is 6.07 Å². The standard InChI is InChI=1S/C10H13N5O2/c16-4-3-14(7-1-2-7)8-5-9-12-13-10(17)15(9)6-11-8/h5-7,16H,1-4H2,(H,13,17). The fraction of sp³-hybridized carbons (Fsp3) is 0.500. The van der Waals surface area contributed by atoms with Crippen molar-refractivity contribution < 1.29 is 5.11 Å². The molecular weight excluding hydrogens is 222 g/mol. The average Bonchev–Trinajstić information content (AvgIpc) is 3.11. The van der Waals surface area contributed by atoms with Crippen molar-refractivity contribution in [2.45, 2.75) is 18.9 Å². The molecule has 0 aliphatic heterocycles. The monoisotopic (exact) mass is 235 g/mol. The molecule has 7 heteroatoms. The van der Waals surface area contributed by atoms with Gasteiger partial charge in [0.1, 0.15) is 12.1 Å². The van der Waals surface area contributed by atoms with E-state index < -0.39 is 0 Å². The Kier molecular flexibility index (Phi) is 2.32. The van der Waals surface area contributed by atoms with E-state index in [2.05, 4.69) is 20.1 Å². The van der Waals surface area contributed by atoms with Crippen LogP contribution in [0.15, 0.2) is 17.2 Å². The van der Waals surface area contributed by atoms with Crippen LogP contribution in [0.1, 0.15) is 12.8 Å². The molecule has 0 radical (unpaired) electrons. The molecule has 90 valence electrons. The van der Waals surface area contributed by atoms with Crippen LogP contribution in [0.5, 0.6) is 0 Å². The molecule has 3 rings (SSSR count). The number of nitrogens with zero attached hydrogens (tertiary/aromatic N) is 4. The van der Waals surface area contributed by atoms with Crippen LogP contribution in [-0.4, -0.2) is 43.9 Å². The van der Waals surface area contributed by atoms with Crippen LogP contribution in [0.25, 0.3) is 5.65 Å². The lowest BCUT2D eigenvalue weighted by molar-refractivity contribution is 0.301. The minimum atomic E-state index is -0.292. The molecule has 0 spiro atoms. The summed E-state index contributed by atoms with van der Waals surface area (Å²) in [6.07, 6.45) is 3.71. The van der Waals surface area contributed by atoms with Gasteiger partial charge < -0.3 is 10.0 Å². The van der Waals surface area contributed by atoms with Crippen molar-refractivity contribution in [2.24, 2.45) is 0 Å². The van der Waals surface area contributed by atoms with Crippen molar-refractivity contribution in [3.63, 3.8) is 0 Å². The third-order valence-electron chi connectivity index (χ3n) is 2.92. The molecule has 2 aromatic heterocycles. The van der Waals surface area contributed by atoms with Crippen molar-refractivity contribution in [1.82, 2.24) is 19.6 Å². The number of anilines is 1. The van der Waals surface area contributed by atoms with Gasteiger partial charge in [-0.05, 0) is 12.8 Å². The highest BCUT2D eigenvalue weighted by atomic mass is 16.3. The van der Waals surface area contributed by atoms with E-state index in [4.69, 9.17) is 5.11 Å². The number of hydrogen-bond donors (Lipinski definition) is 2. The van der Waals surface area contributed by atoms with Crippen LogP contribution in [0.2, 0.25) is 0 Å². The molecule has 17 heavy (non-hydrogen) atoms. The number of nitrogens with one attached hydrogen (secondary N) is 1. The Hall–Kier alpha value is -1.89. The molecule has 7 nitrogen and oxygen atoms in total. The molecule has 2 N–H and O–H groups in total. The summed E-state index contributed by atoms with van der Waals surface area (Å²) in [5.74, 6) is 0.757. The van der Waals surface area contributed by atoms with Gasteiger partial charge in [0.05, 0.1) is 6.61 Å². The predicted molar refractivity (Wildman–Crippen MR) is 61.1 cm³/mol. The first-order chi connectivity index (χ1) is 8.29. The average molecular weight is 235 g/mol. The van der Waals surface area contributed by atoms with Gasteiger partial charge in [-0.1, -0.05) is 0 Å². The molecule has 0 unspecified atom stereocenters. The van der Waals surface area contributed by atoms with Gasteiger partial charge in [0, 0.05) is 18.7 Å². The Labute approximate surface area is 96.7 Å². The second-order valence-corrected chi connectivity index (χ2v) is 4.15. The molecule has 1 aliphatic carbocycles. The predicted octanol–water partition coefficient (Wildman–Crippen LogP) is -0.621. The summed E-state index contributed by atoms with van der Waals surface area (Å²) in [5.41, 5.74) is 0.253. The molecule has 1 aliphatic rings. The molecule has 0 aromatic carbocycles. The fourth-order valence-corrected chi connectivity index (χ4v) is 1.94. The van der Waals surface area contributed by atoms with Gasteiger partial charge in [0.15, 0.2) is 5.65 Å². The maximum atomic E-state index is 11.3. The van der Waals surface area contributed by atoms with E-state index in [0.717, 1.165) is 18.7 Å². The summed E-state index contributed by atoms with van der Waals surface area (Å²) in [6, 6.07) is 2.22. The highest BCUT2D eigenvalue weighted by Crippen LogP contribution is 2.30. The lowest BCUT2D eigenvalue weighted by Gasteiger charge is -2.21. The van der Waals surface area contributed by atoms with Gasteiger partial charge in [-0.3, -0.25) is 0 Å². The second kappa shape index (κ2) is 3.85. The Morgan fingerprint density at radius 3 is 3.12 bits per heavy atom. The maximum Gasteiger partial charge on any atom is 0.348 e. The lowest BCUT2D eigenvalue weighted by Crippen LogP contribution is -2.30. The first-order valence-electron chi connectivity index (χ1n) is 5.60. The minimum absolute atomic E-state index is 0.0940. The summed E-state index contributed by atoms with van der Waals surface area (Å²) in [5, 5.41) is 15.3. The number of aromatic nitrogens is 4. The number of fused-ring (bicyclic) bond motifs is 1. The Bertz CT molecular complexity index is 586. The molecule has 2 aromatic rings. The smallest absolute Gasteiger partial charge is 0.348 e. The van der Waals surface area contributed by atoms with Gasteiger partial charge in [-0.15, -0.1) is 0 Å². The molecule has 1 saturated carbocycles. The van der Waals surface area contributed by atoms with Crippen LogP contribution < -0.4 is 10.6 Å². The quantitative estimate of drug-likeness (QED) is 0.737. The number of aliphatic hydroxyl groups excluding tert-OH is 1. The van der Waals surface area contributed by atoms with Crippen molar-refractivity contribution in [3.8, 4) is 0 Å². The third kappa shape index (κ3) is 1.78. The second-order valence-electron chi connectivity index (χ2n) is 4.15. The number of hydrogen-bond acceptors (Lipinski definition) is 5. The number of rotatable bonds is 4. The lowest BCUT2D eigenvalue weighted by atomic mass is 10.4. The SMILES string of the molecule is O=c1[nH]nc2cc(N(CCO)C3CC3)ncn12. The zero-order chi connectivity index (χ0) is 11.8. The van der Waals surface area contributed by atoms with Gasteiger partial charge in [0.25, 0.3) is 0 Å². The van der Waals surface area contributed by atoms with Gasteiger partial charge >= 0.3 is 5.69 Å². The van der Waals surface area contributed by atoms with Crippen molar-refractivity contribution in [2.75, 3.05) is 18.1 Å². The summed E-state index contributed by atoms with van der Waals surface area (Å²) in [7, 11) is 0. The Morgan fingerprint density at radius 2 is 2.41 bits per heavy atom. The third-order valence-corrected chi connectivity index (χ3v) is 2.92. The Morgan fingerprint density at radius 1 is 1.59 bits per heavy atom. The number of aromatic amines is 1. The van der Waals surface area contributed by atoms with Gasteiger partial charge in [-0.25, -0.2) is 19.3 Å². The first kappa shape index (κ1) is 10.3. The molecule has 1 fully saturated rings. The summed E-state index contributed by atoms with van der Waals surface area (Å²) in [6.45, 7) is 0.652. The van der Waals surface area contributed by atoms with Crippen LogP contribution >= 0.6 is 0 Å². The number of H-pyrrole nitrogens is 1. The zero-order valence-electron chi connectivity index (χ0n) is 9.20. The summed E-state index contributed by atoms with van der Waals surface area (Å²) in [4.78, 5) is 17.6. The van der Waals surface area contributed by atoms with Crippen LogP contribution in [0, 0.1) is 0 Å². The van der Waals surface area contributed by atoms with Crippen molar-refractivity contribution >= 4 is 11.5 Å². The van der Waals surface area contributed by atoms with E-state index in [9.17, 15) is 4.79 Å². The van der Waals surface area contributed by atoms with Crippen LogP contribution in [0.4, 0.5) is 5.82 Å².